The smallest absolute Gasteiger partial charge is 0.0990 e. The van der Waals surface area contributed by atoms with E-state index in [9.17, 15) is 0 Å². The predicted molar refractivity (Wildman–Crippen MR) is 75.6 cm³/mol. The van der Waals surface area contributed by atoms with Gasteiger partial charge in [-0.15, -0.1) is 0 Å². The maximum Gasteiger partial charge on any atom is 0.0990 e. The second kappa shape index (κ2) is 6.36. The summed E-state index contributed by atoms with van der Waals surface area (Å²) in [6, 6.07) is 0. The Balaban J connectivity index is 1.60. The van der Waals surface area contributed by atoms with E-state index in [1.54, 1.807) is 0 Å². The van der Waals surface area contributed by atoms with Crippen molar-refractivity contribution in [3.8, 4) is 0 Å². The Hall–Kier alpha value is -0.120. The fraction of sp³-hybridized carbons (Fsp3) is 1.00. The number of piperidine rings is 1. The lowest BCUT2D eigenvalue weighted by Gasteiger charge is -2.34. The lowest BCUT2D eigenvalue weighted by atomic mass is 9.97. The molecule has 0 aromatic carbocycles. The van der Waals surface area contributed by atoms with Crippen LogP contribution in [0.2, 0.25) is 0 Å². The first-order valence-corrected chi connectivity index (χ1v) is 7.58. The van der Waals surface area contributed by atoms with Gasteiger partial charge in [-0.3, -0.25) is 4.90 Å². The normalized spacial score (nSPS) is 26.5. The molecule has 106 valence electrons. The maximum atomic E-state index is 5.80. The van der Waals surface area contributed by atoms with Gasteiger partial charge in [-0.1, -0.05) is 0 Å². The third-order valence-electron chi connectivity index (χ3n) is 3.85. The second-order valence-corrected chi connectivity index (χ2v) is 7.16. The average Bonchev–Trinajstić information content (AvgIpc) is 3.10. The third kappa shape index (κ3) is 5.68. The minimum absolute atomic E-state index is 0.241. The van der Waals surface area contributed by atoms with Crippen molar-refractivity contribution in [1.82, 2.24) is 10.2 Å². The minimum atomic E-state index is 0.241. The van der Waals surface area contributed by atoms with Crippen LogP contribution in [0.3, 0.4) is 0 Å². The molecule has 0 radical (unpaired) electrons. The lowest BCUT2D eigenvalue weighted by molar-refractivity contribution is 0.00188. The zero-order chi connectivity index (χ0) is 13.0. The minimum Gasteiger partial charge on any atom is -0.366 e. The number of hydrogen-bond donors (Lipinski definition) is 1. The van der Waals surface area contributed by atoms with E-state index < -0.39 is 0 Å². The van der Waals surface area contributed by atoms with Crippen molar-refractivity contribution in [3.63, 3.8) is 0 Å². The van der Waals surface area contributed by atoms with Gasteiger partial charge in [0.15, 0.2) is 0 Å². The molecule has 1 atom stereocenters. The van der Waals surface area contributed by atoms with E-state index in [-0.39, 0.29) is 5.54 Å². The number of likely N-dealkylation sites (tertiary alicyclic amines) is 1. The fourth-order valence-corrected chi connectivity index (χ4v) is 2.52. The largest absolute Gasteiger partial charge is 0.366 e. The number of ether oxygens (including phenoxy) is 1. The van der Waals surface area contributed by atoms with Gasteiger partial charge in [0.25, 0.3) is 0 Å². The van der Waals surface area contributed by atoms with Crippen LogP contribution in [-0.2, 0) is 4.74 Å². The molecule has 0 amide bonds. The SMILES string of the molecule is CC(C)(C)NCC1CCCN(COCC2CC2)C1. The zero-order valence-corrected chi connectivity index (χ0v) is 12.4. The molecule has 1 saturated heterocycles. The topological polar surface area (TPSA) is 24.5 Å². The van der Waals surface area contributed by atoms with Gasteiger partial charge in [0.1, 0.15) is 0 Å². The Morgan fingerprint density at radius 3 is 2.61 bits per heavy atom. The van der Waals surface area contributed by atoms with Gasteiger partial charge >= 0.3 is 0 Å². The van der Waals surface area contributed by atoms with Gasteiger partial charge in [0, 0.05) is 18.6 Å². The van der Waals surface area contributed by atoms with Crippen LogP contribution in [-0.4, -0.2) is 43.4 Å². The van der Waals surface area contributed by atoms with E-state index in [0.717, 1.165) is 31.7 Å². The Kier molecular flexibility index (Phi) is 5.05. The van der Waals surface area contributed by atoms with Crippen molar-refractivity contribution < 1.29 is 4.74 Å². The summed E-state index contributed by atoms with van der Waals surface area (Å²) in [6.45, 7) is 12.1. The van der Waals surface area contributed by atoms with Crippen LogP contribution >= 0.6 is 0 Å². The molecule has 2 aliphatic rings. The predicted octanol–water partition coefficient (Wildman–Crippen LogP) is 2.47. The summed E-state index contributed by atoms with van der Waals surface area (Å²) in [5.74, 6) is 1.68. The van der Waals surface area contributed by atoms with E-state index in [0.29, 0.717) is 0 Å². The van der Waals surface area contributed by atoms with Crippen molar-refractivity contribution >= 4 is 0 Å². The number of nitrogens with zero attached hydrogens (tertiary/aromatic N) is 1. The molecule has 3 heteroatoms. The molecule has 2 rings (SSSR count). The molecule has 1 heterocycles. The summed E-state index contributed by atoms with van der Waals surface area (Å²) in [6.07, 6.45) is 5.46. The summed E-state index contributed by atoms with van der Waals surface area (Å²) in [5, 5.41) is 3.63. The molecule has 0 aromatic heterocycles. The molecule has 1 saturated carbocycles. The van der Waals surface area contributed by atoms with Crippen LogP contribution in [0, 0.1) is 11.8 Å². The van der Waals surface area contributed by atoms with Crippen LogP contribution in [0.4, 0.5) is 0 Å². The Morgan fingerprint density at radius 2 is 1.94 bits per heavy atom. The van der Waals surface area contributed by atoms with E-state index in [4.69, 9.17) is 4.74 Å². The highest BCUT2D eigenvalue weighted by Crippen LogP contribution is 2.29. The number of hydrogen-bond acceptors (Lipinski definition) is 3. The first-order valence-electron chi connectivity index (χ1n) is 7.58. The third-order valence-corrected chi connectivity index (χ3v) is 3.85. The highest BCUT2D eigenvalue weighted by Gasteiger charge is 2.24. The molecule has 1 N–H and O–H groups in total. The molecule has 0 spiro atoms. The summed E-state index contributed by atoms with van der Waals surface area (Å²) < 4.78 is 5.80. The monoisotopic (exact) mass is 254 g/mol. The van der Waals surface area contributed by atoms with Crippen molar-refractivity contribution in [2.75, 3.05) is 33.0 Å². The highest BCUT2D eigenvalue weighted by atomic mass is 16.5. The lowest BCUT2D eigenvalue weighted by Crippen LogP contribution is -2.45. The first kappa shape index (κ1) is 14.3. The van der Waals surface area contributed by atoms with Crippen LogP contribution < -0.4 is 5.32 Å². The Labute approximate surface area is 112 Å². The molecule has 1 aliphatic heterocycles. The molecular weight excluding hydrogens is 224 g/mol. The van der Waals surface area contributed by atoms with E-state index in [1.165, 1.54) is 38.8 Å². The van der Waals surface area contributed by atoms with Crippen LogP contribution in [0.25, 0.3) is 0 Å². The number of rotatable bonds is 6. The molecular formula is C15H30N2O. The fourth-order valence-electron chi connectivity index (χ4n) is 2.52. The quantitative estimate of drug-likeness (QED) is 0.788. The molecule has 0 aromatic rings. The molecule has 0 bridgehead atoms. The van der Waals surface area contributed by atoms with Gasteiger partial charge in [0.2, 0.25) is 0 Å². The van der Waals surface area contributed by atoms with E-state index in [1.807, 2.05) is 0 Å². The molecule has 3 nitrogen and oxygen atoms in total. The van der Waals surface area contributed by atoms with Gasteiger partial charge in [-0.25, -0.2) is 0 Å². The maximum absolute atomic E-state index is 5.80. The molecule has 2 fully saturated rings. The van der Waals surface area contributed by atoms with Crippen molar-refractivity contribution in [2.24, 2.45) is 11.8 Å². The van der Waals surface area contributed by atoms with Crippen LogP contribution in [0.5, 0.6) is 0 Å². The molecule has 1 unspecified atom stereocenters. The van der Waals surface area contributed by atoms with Gasteiger partial charge in [-0.05, 0) is 64.8 Å². The second-order valence-electron chi connectivity index (χ2n) is 7.16. The van der Waals surface area contributed by atoms with Gasteiger partial charge in [-0.2, -0.15) is 0 Å². The van der Waals surface area contributed by atoms with Crippen LogP contribution in [0.15, 0.2) is 0 Å². The Bertz CT molecular complexity index is 245. The Morgan fingerprint density at radius 1 is 1.17 bits per heavy atom. The number of nitrogens with one attached hydrogen (secondary N) is 1. The molecule has 18 heavy (non-hydrogen) atoms. The standard InChI is InChI=1S/C15H30N2O/c1-15(2,3)16-9-14-5-4-8-17(10-14)12-18-11-13-6-7-13/h13-14,16H,4-12H2,1-3H3. The van der Waals surface area contributed by atoms with E-state index in [2.05, 4.69) is 31.0 Å². The summed E-state index contributed by atoms with van der Waals surface area (Å²) >= 11 is 0. The molecule has 1 aliphatic carbocycles. The van der Waals surface area contributed by atoms with Gasteiger partial charge < -0.3 is 10.1 Å². The van der Waals surface area contributed by atoms with Crippen molar-refractivity contribution in [1.29, 1.82) is 0 Å². The van der Waals surface area contributed by atoms with E-state index >= 15 is 0 Å². The van der Waals surface area contributed by atoms with Crippen LogP contribution in [0.1, 0.15) is 46.5 Å². The summed E-state index contributed by atoms with van der Waals surface area (Å²) in [4.78, 5) is 2.49. The van der Waals surface area contributed by atoms with Crippen molar-refractivity contribution in [3.05, 3.63) is 0 Å². The summed E-state index contributed by atoms with van der Waals surface area (Å²) in [7, 11) is 0. The van der Waals surface area contributed by atoms with Gasteiger partial charge in [0.05, 0.1) is 13.3 Å². The highest BCUT2D eigenvalue weighted by molar-refractivity contribution is 4.78. The zero-order valence-electron chi connectivity index (χ0n) is 12.4. The average molecular weight is 254 g/mol. The summed E-state index contributed by atoms with van der Waals surface area (Å²) in [5.41, 5.74) is 0.241. The van der Waals surface area contributed by atoms with Crippen molar-refractivity contribution in [2.45, 2.75) is 52.0 Å². The first-order chi connectivity index (χ1) is 8.53.